The molecule has 0 unspecified atom stereocenters. The largest absolute Gasteiger partial charge is 0.365 e. The molecule has 1 aliphatic rings. The fourth-order valence-electron chi connectivity index (χ4n) is 3.70. The number of anilines is 1. The maximum Gasteiger partial charge on any atom is 0.251 e. The number of aromatic nitrogens is 2. The van der Waals surface area contributed by atoms with Crippen LogP contribution >= 0.6 is 11.3 Å². The summed E-state index contributed by atoms with van der Waals surface area (Å²) in [5.41, 5.74) is 9.06. The summed E-state index contributed by atoms with van der Waals surface area (Å²) in [5, 5.41) is 7.85. The van der Waals surface area contributed by atoms with Crippen LogP contribution in [-0.4, -0.2) is 40.1 Å². The number of thiophene rings is 1. The molecule has 4 rings (SSSR count). The van der Waals surface area contributed by atoms with Gasteiger partial charge in [-0.25, -0.2) is 4.68 Å². The summed E-state index contributed by atoms with van der Waals surface area (Å²) in [7, 11) is 1.88. The van der Waals surface area contributed by atoms with E-state index in [2.05, 4.69) is 10.4 Å². The molecule has 0 spiro atoms. The van der Waals surface area contributed by atoms with Crippen molar-refractivity contribution in [3.05, 3.63) is 64.3 Å². The molecule has 0 atom stereocenters. The van der Waals surface area contributed by atoms with Crippen LogP contribution in [0.15, 0.2) is 42.7 Å². The minimum Gasteiger partial charge on any atom is -0.365 e. The zero-order valence-electron chi connectivity index (χ0n) is 16.2. The van der Waals surface area contributed by atoms with Crippen LogP contribution in [0.2, 0.25) is 0 Å². The fourth-order valence-corrected chi connectivity index (χ4v) is 5.01. The second-order valence-electron chi connectivity index (χ2n) is 7.27. The first-order valence-electron chi connectivity index (χ1n) is 9.53. The first-order chi connectivity index (χ1) is 14.0. The van der Waals surface area contributed by atoms with E-state index in [1.54, 1.807) is 6.20 Å². The number of hydrogen-bond acceptors (Lipinski definition) is 5. The Bertz CT molecular complexity index is 1040. The number of primary amides is 1. The molecule has 0 aliphatic heterocycles. The molecule has 2 heterocycles. The third-order valence-corrected chi connectivity index (χ3v) is 6.15. The number of nitrogens with one attached hydrogen (secondary N) is 1. The van der Waals surface area contributed by atoms with E-state index in [9.17, 15) is 9.59 Å². The Morgan fingerprint density at radius 3 is 2.83 bits per heavy atom. The van der Waals surface area contributed by atoms with Gasteiger partial charge in [-0.05, 0) is 44.0 Å². The molecule has 150 valence electrons. The van der Waals surface area contributed by atoms with Gasteiger partial charge in [-0.15, -0.1) is 11.3 Å². The molecular formula is C21H23N5O2S. The van der Waals surface area contributed by atoms with Crippen LogP contribution < -0.4 is 11.1 Å². The number of para-hydroxylation sites is 1. The summed E-state index contributed by atoms with van der Waals surface area (Å²) in [4.78, 5) is 27.5. The Labute approximate surface area is 173 Å². The number of nitrogens with zero attached hydrogens (tertiary/aromatic N) is 3. The van der Waals surface area contributed by atoms with Gasteiger partial charge in [0.05, 0.1) is 24.0 Å². The molecule has 7 nitrogen and oxygen atoms in total. The zero-order chi connectivity index (χ0) is 20.4. The predicted molar refractivity (Wildman–Crippen MR) is 113 cm³/mol. The summed E-state index contributed by atoms with van der Waals surface area (Å²) in [6.45, 7) is 0.793. The van der Waals surface area contributed by atoms with E-state index in [1.807, 2.05) is 53.2 Å². The molecule has 29 heavy (non-hydrogen) atoms. The van der Waals surface area contributed by atoms with E-state index < -0.39 is 5.91 Å². The molecular weight excluding hydrogens is 386 g/mol. The highest BCUT2D eigenvalue weighted by molar-refractivity contribution is 7.17. The number of nitrogens with two attached hydrogens (primary N) is 1. The van der Waals surface area contributed by atoms with E-state index in [1.165, 1.54) is 11.3 Å². The van der Waals surface area contributed by atoms with Crippen molar-refractivity contribution in [2.45, 2.75) is 25.8 Å². The third-order valence-electron chi connectivity index (χ3n) is 4.94. The van der Waals surface area contributed by atoms with Gasteiger partial charge in [-0.1, -0.05) is 18.2 Å². The molecule has 0 fully saturated rings. The summed E-state index contributed by atoms with van der Waals surface area (Å²) < 4.78 is 1.82. The second-order valence-corrected chi connectivity index (χ2v) is 8.38. The quantitative estimate of drug-likeness (QED) is 0.627. The number of hydrogen-bond donors (Lipinski definition) is 2. The van der Waals surface area contributed by atoms with Crippen LogP contribution in [0.4, 0.5) is 5.00 Å². The number of aryl methyl sites for hydroxylation is 1. The van der Waals surface area contributed by atoms with Crippen LogP contribution in [0.5, 0.6) is 0 Å². The SMILES string of the molecule is CN(CC(=O)Nc1sc2c(c1C(N)=O)CCC2)Cc1cnn(-c2ccccc2)c1. The average Bonchev–Trinajstić information content (AvgIpc) is 3.38. The second kappa shape index (κ2) is 8.18. The van der Waals surface area contributed by atoms with Crippen molar-refractivity contribution in [2.24, 2.45) is 5.73 Å². The molecule has 0 saturated carbocycles. The van der Waals surface area contributed by atoms with Crippen molar-refractivity contribution in [3.8, 4) is 5.69 Å². The highest BCUT2D eigenvalue weighted by Crippen LogP contribution is 2.38. The van der Waals surface area contributed by atoms with Gasteiger partial charge in [-0.2, -0.15) is 5.10 Å². The molecule has 2 aromatic heterocycles. The standard InChI is InChI=1S/C21H23N5O2S/c1-25(11-14-10-23-26(12-14)15-6-3-2-4-7-15)13-18(27)24-21-19(20(22)28)16-8-5-9-17(16)29-21/h2-4,6-7,10,12H,5,8-9,11,13H2,1H3,(H2,22,28)(H,24,27). The molecule has 2 amide bonds. The summed E-state index contributed by atoms with van der Waals surface area (Å²) in [6, 6.07) is 9.87. The molecule has 0 bridgehead atoms. The topological polar surface area (TPSA) is 93.2 Å². The smallest absolute Gasteiger partial charge is 0.251 e. The van der Waals surface area contributed by atoms with Crippen molar-refractivity contribution in [2.75, 3.05) is 18.9 Å². The van der Waals surface area contributed by atoms with Crippen LogP contribution in [0.25, 0.3) is 5.69 Å². The molecule has 3 aromatic rings. The monoisotopic (exact) mass is 409 g/mol. The number of rotatable bonds is 7. The maximum atomic E-state index is 12.5. The molecule has 8 heteroatoms. The number of benzene rings is 1. The van der Waals surface area contributed by atoms with Gasteiger partial charge in [0.1, 0.15) is 5.00 Å². The van der Waals surface area contributed by atoms with E-state index >= 15 is 0 Å². The first kappa shape index (κ1) is 19.4. The number of carbonyl (C=O) groups excluding carboxylic acids is 2. The van der Waals surface area contributed by atoms with Crippen LogP contribution in [0, 0.1) is 0 Å². The highest BCUT2D eigenvalue weighted by Gasteiger charge is 2.26. The summed E-state index contributed by atoms with van der Waals surface area (Å²) in [6.07, 6.45) is 6.59. The molecule has 1 aromatic carbocycles. The van der Waals surface area contributed by atoms with Crippen molar-refractivity contribution >= 4 is 28.2 Å². The van der Waals surface area contributed by atoms with Crippen LogP contribution in [0.1, 0.15) is 32.8 Å². The van der Waals surface area contributed by atoms with E-state index in [4.69, 9.17) is 5.73 Å². The zero-order valence-corrected chi connectivity index (χ0v) is 17.0. The summed E-state index contributed by atoms with van der Waals surface area (Å²) >= 11 is 1.47. The Kier molecular flexibility index (Phi) is 5.46. The molecule has 1 aliphatic carbocycles. The first-order valence-corrected chi connectivity index (χ1v) is 10.3. The molecule has 3 N–H and O–H groups in total. The number of likely N-dealkylation sites (N-methyl/N-ethyl adjacent to an activating group) is 1. The lowest BCUT2D eigenvalue weighted by Gasteiger charge is -2.15. The Hall–Kier alpha value is -2.97. The number of amides is 2. The average molecular weight is 410 g/mol. The minimum atomic E-state index is -0.471. The van der Waals surface area contributed by atoms with E-state index in [-0.39, 0.29) is 12.5 Å². The molecule has 0 radical (unpaired) electrons. The lowest BCUT2D eigenvalue weighted by Crippen LogP contribution is -2.30. The molecule has 0 saturated heterocycles. The third kappa shape index (κ3) is 4.23. The minimum absolute atomic E-state index is 0.162. The van der Waals surface area contributed by atoms with Gasteiger partial charge in [0.2, 0.25) is 5.91 Å². The van der Waals surface area contributed by atoms with Gasteiger partial charge in [-0.3, -0.25) is 14.5 Å². The van der Waals surface area contributed by atoms with Gasteiger partial charge in [0, 0.05) is 23.2 Å². The number of fused-ring (bicyclic) bond motifs is 1. The maximum absolute atomic E-state index is 12.5. The Morgan fingerprint density at radius 2 is 2.07 bits per heavy atom. The van der Waals surface area contributed by atoms with Crippen molar-refractivity contribution in [3.63, 3.8) is 0 Å². The van der Waals surface area contributed by atoms with E-state index in [0.29, 0.717) is 17.1 Å². The highest BCUT2D eigenvalue weighted by atomic mass is 32.1. The Balaban J connectivity index is 1.37. The lowest BCUT2D eigenvalue weighted by atomic mass is 10.1. The van der Waals surface area contributed by atoms with Gasteiger partial charge >= 0.3 is 0 Å². The Morgan fingerprint density at radius 1 is 1.28 bits per heavy atom. The fraction of sp³-hybridized carbons (Fsp3) is 0.286. The van der Waals surface area contributed by atoms with Crippen molar-refractivity contribution in [1.29, 1.82) is 0 Å². The van der Waals surface area contributed by atoms with Crippen LogP contribution in [-0.2, 0) is 24.2 Å². The summed E-state index contributed by atoms with van der Waals surface area (Å²) in [5.74, 6) is -0.633. The van der Waals surface area contributed by atoms with Crippen LogP contribution in [0.3, 0.4) is 0 Å². The lowest BCUT2D eigenvalue weighted by molar-refractivity contribution is -0.117. The predicted octanol–water partition coefficient (Wildman–Crippen LogP) is 2.59. The number of carbonyl (C=O) groups is 2. The van der Waals surface area contributed by atoms with E-state index in [0.717, 1.165) is 41.0 Å². The van der Waals surface area contributed by atoms with Crippen molar-refractivity contribution < 1.29 is 9.59 Å². The van der Waals surface area contributed by atoms with Gasteiger partial charge < -0.3 is 11.1 Å². The normalized spacial score (nSPS) is 12.9. The van der Waals surface area contributed by atoms with Crippen molar-refractivity contribution in [1.82, 2.24) is 14.7 Å². The van der Waals surface area contributed by atoms with Gasteiger partial charge in [0.15, 0.2) is 0 Å². The van der Waals surface area contributed by atoms with Gasteiger partial charge in [0.25, 0.3) is 5.91 Å².